The van der Waals surface area contributed by atoms with Crippen LogP contribution in [0, 0.1) is 0 Å². The molecule has 0 saturated heterocycles. The van der Waals surface area contributed by atoms with Crippen molar-refractivity contribution in [2.75, 3.05) is 18.6 Å². The molecule has 78 valence electrons. The molecular weight excluding hydrogens is 186 g/mol. The molecular formula is C8H19N3OS. The normalized spacial score (nSPS) is 9.69. The third-order valence-corrected chi connectivity index (χ3v) is 2.39. The van der Waals surface area contributed by atoms with Crippen LogP contribution in [0.25, 0.3) is 0 Å². The fourth-order valence-corrected chi connectivity index (χ4v) is 1.47. The quantitative estimate of drug-likeness (QED) is 0.252. The first kappa shape index (κ1) is 12.6. The van der Waals surface area contributed by atoms with Gasteiger partial charge in [0, 0.05) is 6.54 Å². The number of rotatable bonds is 7. The van der Waals surface area contributed by atoms with Crippen LogP contribution in [0.2, 0.25) is 0 Å². The first-order valence-corrected chi connectivity index (χ1v) is 5.94. The van der Waals surface area contributed by atoms with E-state index in [0.717, 1.165) is 6.42 Å². The second-order valence-corrected chi connectivity index (χ2v) is 3.79. The SMILES string of the molecule is CSCCCCCCNC(=O)NN. The van der Waals surface area contributed by atoms with E-state index in [-0.39, 0.29) is 6.03 Å². The molecule has 0 radical (unpaired) electrons. The zero-order valence-electron chi connectivity index (χ0n) is 8.14. The maximum absolute atomic E-state index is 10.6. The van der Waals surface area contributed by atoms with Crippen LogP contribution in [0.1, 0.15) is 25.7 Å². The second-order valence-electron chi connectivity index (χ2n) is 2.81. The van der Waals surface area contributed by atoms with Crippen molar-refractivity contribution in [3.8, 4) is 0 Å². The Morgan fingerprint density at radius 2 is 2.00 bits per heavy atom. The summed E-state index contributed by atoms with van der Waals surface area (Å²) < 4.78 is 0. The molecule has 0 aromatic rings. The van der Waals surface area contributed by atoms with E-state index in [1.54, 1.807) is 0 Å². The Kier molecular flexibility index (Phi) is 9.35. The number of carbonyl (C=O) groups is 1. The van der Waals surface area contributed by atoms with Crippen molar-refractivity contribution < 1.29 is 4.79 Å². The molecule has 0 fully saturated rings. The molecule has 4 N–H and O–H groups in total. The molecule has 0 aliphatic heterocycles. The van der Waals surface area contributed by atoms with Gasteiger partial charge in [-0.15, -0.1) is 0 Å². The summed E-state index contributed by atoms with van der Waals surface area (Å²) in [5.41, 5.74) is 2.02. The number of unbranched alkanes of at least 4 members (excludes halogenated alkanes) is 3. The summed E-state index contributed by atoms with van der Waals surface area (Å²) in [6, 6.07) is -0.302. The molecule has 0 rings (SSSR count). The Labute approximate surface area is 84.0 Å². The molecule has 5 heteroatoms. The van der Waals surface area contributed by atoms with Crippen LogP contribution in [0.15, 0.2) is 0 Å². The number of thioether (sulfide) groups is 1. The van der Waals surface area contributed by atoms with Crippen LogP contribution in [0.5, 0.6) is 0 Å². The molecule has 2 amide bonds. The molecule has 4 nitrogen and oxygen atoms in total. The first-order valence-electron chi connectivity index (χ1n) is 4.54. The van der Waals surface area contributed by atoms with Gasteiger partial charge in [-0.2, -0.15) is 11.8 Å². The van der Waals surface area contributed by atoms with Crippen molar-refractivity contribution in [2.45, 2.75) is 25.7 Å². The predicted molar refractivity (Wildman–Crippen MR) is 57.6 cm³/mol. The van der Waals surface area contributed by atoms with Gasteiger partial charge in [0.25, 0.3) is 0 Å². The fraction of sp³-hybridized carbons (Fsp3) is 0.875. The fourth-order valence-electron chi connectivity index (χ4n) is 0.978. The summed E-state index contributed by atoms with van der Waals surface area (Å²) in [6.07, 6.45) is 6.83. The average Bonchev–Trinajstić information content (AvgIpc) is 2.16. The molecule has 13 heavy (non-hydrogen) atoms. The summed E-state index contributed by atoms with van der Waals surface area (Å²) >= 11 is 1.88. The molecule has 0 aromatic carbocycles. The van der Waals surface area contributed by atoms with Gasteiger partial charge in [0.05, 0.1) is 0 Å². The van der Waals surface area contributed by atoms with Gasteiger partial charge in [0.1, 0.15) is 0 Å². The van der Waals surface area contributed by atoms with Gasteiger partial charge < -0.3 is 5.32 Å². The van der Waals surface area contributed by atoms with E-state index in [9.17, 15) is 4.79 Å². The van der Waals surface area contributed by atoms with E-state index in [4.69, 9.17) is 5.84 Å². The van der Waals surface area contributed by atoms with E-state index in [1.165, 1.54) is 25.0 Å². The maximum atomic E-state index is 10.6. The van der Waals surface area contributed by atoms with Crippen molar-refractivity contribution in [3.05, 3.63) is 0 Å². The van der Waals surface area contributed by atoms with E-state index in [1.807, 2.05) is 17.2 Å². The summed E-state index contributed by atoms with van der Waals surface area (Å²) in [6.45, 7) is 0.711. The van der Waals surface area contributed by atoms with Crippen LogP contribution >= 0.6 is 11.8 Å². The number of hydrogen-bond donors (Lipinski definition) is 3. The minimum Gasteiger partial charge on any atom is -0.337 e. The maximum Gasteiger partial charge on any atom is 0.328 e. The van der Waals surface area contributed by atoms with Gasteiger partial charge in [-0.1, -0.05) is 12.8 Å². The highest BCUT2D eigenvalue weighted by molar-refractivity contribution is 7.98. The van der Waals surface area contributed by atoms with E-state index in [0.29, 0.717) is 6.54 Å². The first-order chi connectivity index (χ1) is 6.31. The number of hydrazine groups is 1. The topological polar surface area (TPSA) is 67.2 Å². The highest BCUT2D eigenvalue weighted by atomic mass is 32.2. The molecule has 0 aromatic heterocycles. The molecule has 0 atom stereocenters. The minimum absolute atomic E-state index is 0.302. The number of urea groups is 1. The van der Waals surface area contributed by atoms with Crippen LogP contribution < -0.4 is 16.6 Å². The second kappa shape index (κ2) is 9.67. The largest absolute Gasteiger partial charge is 0.337 e. The Hall–Kier alpha value is -0.420. The Morgan fingerprint density at radius 3 is 2.62 bits per heavy atom. The summed E-state index contributed by atoms with van der Waals surface area (Å²) in [5, 5.41) is 2.64. The number of nitrogens with two attached hydrogens (primary N) is 1. The predicted octanol–water partition coefficient (Wildman–Crippen LogP) is 1.08. The molecule has 0 heterocycles. The number of hydrogen-bond acceptors (Lipinski definition) is 3. The minimum atomic E-state index is -0.302. The smallest absolute Gasteiger partial charge is 0.328 e. The van der Waals surface area contributed by atoms with Crippen LogP contribution in [0.3, 0.4) is 0 Å². The van der Waals surface area contributed by atoms with Crippen molar-refractivity contribution in [1.82, 2.24) is 10.7 Å². The third kappa shape index (κ3) is 9.49. The van der Waals surface area contributed by atoms with E-state index < -0.39 is 0 Å². The van der Waals surface area contributed by atoms with E-state index in [2.05, 4.69) is 11.6 Å². The Morgan fingerprint density at radius 1 is 1.31 bits per heavy atom. The molecule has 0 aliphatic rings. The molecule has 0 bridgehead atoms. The molecule has 0 aliphatic carbocycles. The van der Waals surface area contributed by atoms with Gasteiger partial charge in [-0.3, -0.25) is 5.43 Å². The van der Waals surface area contributed by atoms with Crippen LogP contribution in [0.4, 0.5) is 4.79 Å². The standard InChI is InChI=1S/C8H19N3OS/c1-13-7-5-3-2-4-6-10-8(12)11-9/h2-7,9H2,1H3,(H2,10,11,12). The van der Waals surface area contributed by atoms with Crippen LogP contribution in [-0.4, -0.2) is 24.6 Å². The zero-order valence-corrected chi connectivity index (χ0v) is 8.95. The van der Waals surface area contributed by atoms with Crippen molar-refractivity contribution >= 4 is 17.8 Å². The lowest BCUT2D eigenvalue weighted by Gasteiger charge is -2.03. The number of carbonyl (C=O) groups excluding carboxylic acids is 1. The summed E-state index contributed by atoms with van der Waals surface area (Å²) in [4.78, 5) is 10.6. The Bertz CT molecular complexity index is 133. The van der Waals surface area contributed by atoms with Crippen molar-refractivity contribution in [2.24, 2.45) is 5.84 Å². The molecule has 0 unspecified atom stereocenters. The van der Waals surface area contributed by atoms with Gasteiger partial charge in [0.2, 0.25) is 0 Å². The highest BCUT2D eigenvalue weighted by Crippen LogP contribution is 2.03. The number of amides is 2. The summed E-state index contributed by atoms with van der Waals surface area (Å²) in [7, 11) is 0. The monoisotopic (exact) mass is 205 g/mol. The average molecular weight is 205 g/mol. The lowest BCUT2D eigenvalue weighted by molar-refractivity contribution is 0.241. The lowest BCUT2D eigenvalue weighted by Crippen LogP contribution is -2.40. The lowest BCUT2D eigenvalue weighted by atomic mass is 10.2. The number of nitrogens with one attached hydrogen (secondary N) is 2. The molecule has 0 spiro atoms. The van der Waals surface area contributed by atoms with E-state index >= 15 is 0 Å². The van der Waals surface area contributed by atoms with Gasteiger partial charge in [-0.05, 0) is 24.9 Å². The highest BCUT2D eigenvalue weighted by Gasteiger charge is 1.94. The van der Waals surface area contributed by atoms with Crippen LogP contribution in [-0.2, 0) is 0 Å². The summed E-state index contributed by atoms with van der Waals surface area (Å²) in [5.74, 6) is 6.12. The van der Waals surface area contributed by atoms with Crippen molar-refractivity contribution in [3.63, 3.8) is 0 Å². The third-order valence-electron chi connectivity index (χ3n) is 1.69. The van der Waals surface area contributed by atoms with Gasteiger partial charge in [0.15, 0.2) is 0 Å². The zero-order chi connectivity index (χ0) is 9.94. The molecule has 0 saturated carbocycles. The van der Waals surface area contributed by atoms with Gasteiger partial charge >= 0.3 is 6.03 Å². The van der Waals surface area contributed by atoms with Gasteiger partial charge in [-0.25, -0.2) is 10.6 Å². The van der Waals surface area contributed by atoms with Crippen molar-refractivity contribution in [1.29, 1.82) is 0 Å². The Balaban J connectivity index is 2.95.